The van der Waals surface area contributed by atoms with Gasteiger partial charge >= 0.3 is 0 Å². The van der Waals surface area contributed by atoms with Crippen LogP contribution in [-0.2, 0) is 0 Å². The summed E-state index contributed by atoms with van der Waals surface area (Å²) >= 11 is 0. The van der Waals surface area contributed by atoms with E-state index in [1.807, 2.05) is 0 Å². The van der Waals surface area contributed by atoms with Gasteiger partial charge in [-0.25, -0.2) is 0 Å². The van der Waals surface area contributed by atoms with Gasteiger partial charge in [0.1, 0.15) is 0 Å². The standard InChI is InChI=1S/C5H12O3/c1-2-4(6)3-5(7)8/h4-8H,2-3H2,1H3. The van der Waals surface area contributed by atoms with Gasteiger partial charge in [0.2, 0.25) is 0 Å². The molecule has 0 aromatic carbocycles. The summed E-state index contributed by atoms with van der Waals surface area (Å²) in [5, 5.41) is 25.2. The predicted octanol–water partition coefficient (Wildman–Crippen LogP) is -0.542. The minimum absolute atomic E-state index is 0.0521. The van der Waals surface area contributed by atoms with Gasteiger partial charge in [0.15, 0.2) is 6.29 Å². The number of rotatable bonds is 3. The predicted molar refractivity (Wildman–Crippen MR) is 29.1 cm³/mol. The second-order valence-corrected chi connectivity index (χ2v) is 1.78. The van der Waals surface area contributed by atoms with Crippen molar-refractivity contribution in [3.8, 4) is 0 Å². The molecule has 0 saturated carbocycles. The Kier molecular flexibility index (Phi) is 3.77. The van der Waals surface area contributed by atoms with Gasteiger partial charge in [0, 0.05) is 6.42 Å². The summed E-state index contributed by atoms with van der Waals surface area (Å²) in [6.45, 7) is 1.78. The van der Waals surface area contributed by atoms with Gasteiger partial charge in [-0.1, -0.05) is 6.92 Å². The van der Waals surface area contributed by atoms with Crippen LogP contribution in [0.5, 0.6) is 0 Å². The fourth-order valence-corrected chi connectivity index (χ4v) is 0.410. The molecule has 0 aliphatic heterocycles. The van der Waals surface area contributed by atoms with Crippen LogP contribution in [0.4, 0.5) is 0 Å². The van der Waals surface area contributed by atoms with Crippen molar-refractivity contribution in [3.05, 3.63) is 0 Å². The van der Waals surface area contributed by atoms with E-state index in [1.54, 1.807) is 6.92 Å². The van der Waals surface area contributed by atoms with Crippen LogP contribution in [0.1, 0.15) is 19.8 Å². The van der Waals surface area contributed by atoms with Crippen molar-refractivity contribution in [1.82, 2.24) is 0 Å². The van der Waals surface area contributed by atoms with E-state index in [-0.39, 0.29) is 6.42 Å². The molecule has 1 unspecified atom stereocenters. The number of aliphatic hydroxyl groups is 3. The van der Waals surface area contributed by atoms with Crippen molar-refractivity contribution in [2.45, 2.75) is 32.2 Å². The minimum atomic E-state index is -1.37. The Morgan fingerprint density at radius 1 is 1.25 bits per heavy atom. The highest BCUT2D eigenvalue weighted by Crippen LogP contribution is 1.97. The molecule has 0 aliphatic carbocycles. The second kappa shape index (κ2) is 3.83. The zero-order valence-corrected chi connectivity index (χ0v) is 4.91. The lowest BCUT2D eigenvalue weighted by molar-refractivity contribution is -0.0699. The van der Waals surface area contributed by atoms with Crippen LogP contribution in [0.15, 0.2) is 0 Å². The summed E-state index contributed by atoms with van der Waals surface area (Å²) in [5.74, 6) is 0. The molecule has 3 nitrogen and oxygen atoms in total. The van der Waals surface area contributed by atoms with Gasteiger partial charge in [-0.15, -0.1) is 0 Å². The van der Waals surface area contributed by atoms with Crippen LogP contribution in [0.2, 0.25) is 0 Å². The molecule has 0 amide bonds. The lowest BCUT2D eigenvalue weighted by Gasteiger charge is -2.07. The molecule has 0 heterocycles. The molecule has 3 N–H and O–H groups in total. The Labute approximate surface area is 48.6 Å². The van der Waals surface area contributed by atoms with Gasteiger partial charge in [-0.3, -0.25) is 0 Å². The first kappa shape index (κ1) is 7.88. The zero-order valence-electron chi connectivity index (χ0n) is 4.91. The van der Waals surface area contributed by atoms with Gasteiger partial charge in [0.25, 0.3) is 0 Å². The van der Waals surface area contributed by atoms with E-state index in [0.717, 1.165) is 0 Å². The van der Waals surface area contributed by atoms with Crippen molar-refractivity contribution >= 4 is 0 Å². The van der Waals surface area contributed by atoms with Crippen molar-refractivity contribution < 1.29 is 15.3 Å². The second-order valence-electron chi connectivity index (χ2n) is 1.78. The average molecular weight is 120 g/mol. The van der Waals surface area contributed by atoms with Gasteiger partial charge in [-0.05, 0) is 6.42 Å². The third-order valence-electron chi connectivity index (χ3n) is 0.954. The molecule has 1 atom stereocenters. The summed E-state index contributed by atoms with van der Waals surface area (Å²) < 4.78 is 0. The van der Waals surface area contributed by atoms with E-state index in [1.165, 1.54) is 0 Å². The molecular weight excluding hydrogens is 108 g/mol. The van der Waals surface area contributed by atoms with E-state index in [0.29, 0.717) is 6.42 Å². The maximum Gasteiger partial charge on any atom is 0.153 e. The van der Waals surface area contributed by atoms with Crippen LogP contribution >= 0.6 is 0 Å². The van der Waals surface area contributed by atoms with Crippen LogP contribution in [0.25, 0.3) is 0 Å². The maximum absolute atomic E-state index is 8.71. The molecule has 0 saturated heterocycles. The smallest absolute Gasteiger partial charge is 0.153 e. The topological polar surface area (TPSA) is 60.7 Å². The Bertz CT molecular complexity index is 53.6. The molecular formula is C5H12O3. The van der Waals surface area contributed by atoms with Crippen LogP contribution < -0.4 is 0 Å². The van der Waals surface area contributed by atoms with Crippen molar-refractivity contribution in [3.63, 3.8) is 0 Å². The molecule has 0 radical (unpaired) electrons. The normalized spacial score (nSPS) is 14.6. The van der Waals surface area contributed by atoms with E-state index in [9.17, 15) is 0 Å². The van der Waals surface area contributed by atoms with E-state index < -0.39 is 12.4 Å². The zero-order chi connectivity index (χ0) is 6.57. The van der Waals surface area contributed by atoms with Gasteiger partial charge in [0.05, 0.1) is 6.10 Å². The fourth-order valence-electron chi connectivity index (χ4n) is 0.410. The van der Waals surface area contributed by atoms with E-state index in [2.05, 4.69) is 0 Å². The van der Waals surface area contributed by atoms with Crippen LogP contribution in [0, 0.1) is 0 Å². The highest BCUT2D eigenvalue weighted by molar-refractivity contribution is 4.51. The molecule has 0 bridgehead atoms. The highest BCUT2D eigenvalue weighted by Gasteiger charge is 2.04. The number of hydrogen-bond acceptors (Lipinski definition) is 3. The SMILES string of the molecule is CCC(O)CC(O)O. The molecule has 0 fully saturated rings. The lowest BCUT2D eigenvalue weighted by Crippen LogP contribution is -2.15. The number of aliphatic hydroxyl groups excluding tert-OH is 2. The van der Waals surface area contributed by atoms with Crippen molar-refractivity contribution in [2.75, 3.05) is 0 Å². The largest absolute Gasteiger partial charge is 0.393 e. The Morgan fingerprint density at radius 2 is 1.75 bits per heavy atom. The summed E-state index contributed by atoms with van der Waals surface area (Å²) in [6.07, 6.45) is -1.33. The highest BCUT2D eigenvalue weighted by atomic mass is 16.5. The van der Waals surface area contributed by atoms with Crippen LogP contribution in [-0.4, -0.2) is 27.7 Å². The lowest BCUT2D eigenvalue weighted by atomic mass is 10.2. The molecule has 8 heavy (non-hydrogen) atoms. The Hall–Kier alpha value is -0.120. The van der Waals surface area contributed by atoms with E-state index in [4.69, 9.17) is 15.3 Å². The quantitative estimate of drug-likeness (QED) is 0.438. The first-order chi connectivity index (χ1) is 3.66. The fraction of sp³-hybridized carbons (Fsp3) is 1.00. The summed E-state index contributed by atoms with van der Waals surface area (Å²) in [4.78, 5) is 0. The summed E-state index contributed by atoms with van der Waals surface area (Å²) in [7, 11) is 0. The molecule has 0 spiro atoms. The van der Waals surface area contributed by atoms with E-state index >= 15 is 0 Å². The summed E-state index contributed by atoms with van der Waals surface area (Å²) in [6, 6.07) is 0. The molecule has 0 rings (SSSR count). The third kappa shape index (κ3) is 4.05. The molecule has 0 aliphatic rings. The van der Waals surface area contributed by atoms with Gasteiger partial charge < -0.3 is 15.3 Å². The monoisotopic (exact) mass is 120 g/mol. The van der Waals surface area contributed by atoms with Crippen molar-refractivity contribution in [1.29, 1.82) is 0 Å². The number of hydrogen-bond donors (Lipinski definition) is 3. The van der Waals surface area contributed by atoms with Crippen LogP contribution in [0.3, 0.4) is 0 Å². The molecule has 0 aromatic heterocycles. The molecule has 50 valence electrons. The average Bonchev–Trinajstić information content (AvgIpc) is 1.65. The summed E-state index contributed by atoms with van der Waals surface area (Å²) in [5.41, 5.74) is 0. The third-order valence-corrected chi connectivity index (χ3v) is 0.954. The Morgan fingerprint density at radius 3 is 1.88 bits per heavy atom. The molecule has 0 aromatic rings. The van der Waals surface area contributed by atoms with Crippen molar-refractivity contribution in [2.24, 2.45) is 0 Å². The maximum atomic E-state index is 8.71. The first-order valence-electron chi connectivity index (χ1n) is 2.71. The minimum Gasteiger partial charge on any atom is -0.393 e. The Balaban J connectivity index is 3.10. The van der Waals surface area contributed by atoms with Gasteiger partial charge in [-0.2, -0.15) is 0 Å². The molecule has 3 heteroatoms. The first-order valence-corrected chi connectivity index (χ1v) is 2.71.